The maximum Gasteiger partial charge on any atom is 0.144 e. The summed E-state index contributed by atoms with van der Waals surface area (Å²) >= 11 is 5.28. The highest BCUT2D eigenvalue weighted by Gasteiger charge is 2.51. The standard InChI is InChI=1S/C23H28BrNO2S/c1-17(2)23(18-10-4-6-12-20(18)27-15-9-8-14-24)22(16-26)25(3)19-11-5-7-13-21(19)28-23/h4-7,10-13,16-17,22H,8-9,14-15H2,1-3H3. The molecule has 1 aliphatic heterocycles. The largest absolute Gasteiger partial charge is 0.493 e. The van der Waals surface area contributed by atoms with Crippen LogP contribution in [-0.2, 0) is 9.54 Å². The van der Waals surface area contributed by atoms with Gasteiger partial charge in [-0.1, -0.05) is 60.1 Å². The lowest BCUT2D eigenvalue weighted by Gasteiger charge is -2.50. The quantitative estimate of drug-likeness (QED) is 0.278. The van der Waals surface area contributed by atoms with Gasteiger partial charge in [-0.05, 0) is 37.0 Å². The van der Waals surface area contributed by atoms with Gasteiger partial charge in [0.1, 0.15) is 18.1 Å². The van der Waals surface area contributed by atoms with E-state index in [2.05, 4.69) is 58.9 Å². The Morgan fingerprint density at radius 2 is 1.89 bits per heavy atom. The first-order chi connectivity index (χ1) is 13.6. The van der Waals surface area contributed by atoms with Gasteiger partial charge < -0.3 is 14.4 Å². The molecule has 1 aliphatic rings. The maximum atomic E-state index is 12.4. The van der Waals surface area contributed by atoms with Crippen molar-refractivity contribution in [3.63, 3.8) is 0 Å². The Labute approximate surface area is 181 Å². The van der Waals surface area contributed by atoms with Crippen molar-refractivity contribution in [2.75, 3.05) is 23.9 Å². The van der Waals surface area contributed by atoms with Gasteiger partial charge in [-0.3, -0.25) is 0 Å². The van der Waals surface area contributed by atoms with Crippen molar-refractivity contribution in [3.05, 3.63) is 54.1 Å². The van der Waals surface area contributed by atoms with E-state index in [-0.39, 0.29) is 12.0 Å². The fraction of sp³-hybridized carbons (Fsp3) is 0.435. The Kier molecular flexibility index (Phi) is 7.10. The normalized spacial score (nSPS) is 21.5. The molecule has 0 aromatic heterocycles. The van der Waals surface area contributed by atoms with Gasteiger partial charge in [-0.15, -0.1) is 11.8 Å². The number of ether oxygens (including phenoxy) is 1. The lowest BCUT2D eigenvalue weighted by molar-refractivity contribution is -0.110. The number of halogens is 1. The Morgan fingerprint density at radius 1 is 1.18 bits per heavy atom. The van der Waals surface area contributed by atoms with Crippen LogP contribution in [0.2, 0.25) is 0 Å². The molecule has 0 spiro atoms. The van der Waals surface area contributed by atoms with E-state index in [9.17, 15) is 4.79 Å². The van der Waals surface area contributed by atoms with Crippen molar-refractivity contribution >= 4 is 39.7 Å². The molecule has 0 fully saturated rings. The predicted octanol–water partition coefficient (Wildman–Crippen LogP) is 5.90. The minimum Gasteiger partial charge on any atom is -0.493 e. The Balaban J connectivity index is 2.09. The number of aldehydes is 1. The summed E-state index contributed by atoms with van der Waals surface area (Å²) in [6.45, 7) is 5.08. The number of alkyl halides is 1. The second-order valence-electron chi connectivity index (χ2n) is 7.45. The zero-order valence-electron chi connectivity index (χ0n) is 16.7. The van der Waals surface area contributed by atoms with Crippen molar-refractivity contribution < 1.29 is 9.53 Å². The molecule has 150 valence electrons. The van der Waals surface area contributed by atoms with Gasteiger partial charge in [0.15, 0.2) is 0 Å². The van der Waals surface area contributed by atoms with Crippen LogP contribution in [-0.4, -0.2) is 31.3 Å². The van der Waals surface area contributed by atoms with E-state index < -0.39 is 4.75 Å². The molecular formula is C23H28BrNO2S. The average molecular weight is 462 g/mol. The number of unbranched alkanes of at least 4 members (excludes halogenated alkanes) is 1. The Bertz CT molecular complexity index is 813. The maximum absolute atomic E-state index is 12.4. The van der Waals surface area contributed by atoms with Gasteiger partial charge in [0.05, 0.1) is 17.0 Å². The van der Waals surface area contributed by atoms with E-state index in [1.807, 2.05) is 31.3 Å². The molecule has 1 heterocycles. The molecule has 2 aromatic rings. The first kappa shape index (κ1) is 21.3. The van der Waals surface area contributed by atoms with Gasteiger partial charge in [0.25, 0.3) is 0 Å². The molecule has 3 rings (SSSR count). The minimum atomic E-state index is -0.420. The minimum absolute atomic E-state index is 0.232. The van der Waals surface area contributed by atoms with E-state index in [0.29, 0.717) is 6.61 Å². The fourth-order valence-corrected chi connectivity index (χ4v) is 6.06. The van der Waals surface area contributed by atoms with Gasteiger partial charge in [0.2, 0.25) is 0 Å². The third kappa shape index (κ3) is 3.84. The predicted molar refractivity (Wildman–Crippen MR) is 122 cm³/mol. The monoisotopic (exact) mass is 461 g/mol. The number of benzene rings is 2. The fourth-order valence-electron chi connectivity index (χ4n) is 3.99. The van der Waals surface area contributed by atoms with Crippen molar-refractivity contribution in [2.45, 2.75) is 42.4 Å². The van der Waals surface area contributed by atoms with Crippen LogP contribution in [0.15, 0.2) is 53.4 Å². The van der Waals surface area contributed by atoms with Crippen LogP contribution in [0, 0.1) is 5.92 Å². The molecule has 0 aliphatic carbocycles. The summed E-state index contributed by atoms with van der Waals surface area (Å²) in [5, 5.41) is 0.985. The summed E-state index contributed by atoms with van der Waals surface area (Å²) < 4.78 is 5.80. The van der Waals surface area contributed by atoms with Gasteiger partial charge in [0, 0.05) is 22.8 Å². The number of para-hydroxylation sites is 2. The molecule has 0 N–H and O–H groups in total. The van der Waals surface area contributed by atoms with Crippen LogP contribution in [0.3, 0.4) is 0 Å². The van der Waals surface area contributed by atoms with Crippen LogP contribution in [0.5, 0.6) is 5.75 Å². The number of thioether (sulfide) groups is 1. The topological polar surface area (TPSA) is 29.5 Å². The average Bonchev–Trinajstić information content (AvgIpc) is 2.71. The first-order valence-corrected chi connectivity index (χ1v) is 11.7. The van der Waals surface area contributed by atoms with Crippen molar-refractivity contribution in [1.29, 1.82) is 0 Å². The summed E-state index contributed by atoms with van der Waals surface area (Å²) in [5.74, 6) is 1.12. The molecule has 0 amide bonds. The summed E-state index contributed by atoms with van der Waals surface area (Å²) in [7, 11) is 2.02. The van der Waals surface area contributed by atoms with Crippen LogP contribution in [0.1, 0.15) is 32.3 Å². The van der Waals surface area contributed by atoms with Gasteiger partial charge in [-0.2, -0.15) is 0 Å². The number of rotatable bonds is 8. The molecule has 2 atom stereocenters. The van der Waals surface area contributed by atoms with Crippen molar-refractivity contribution in [3.8, 4) is 5.75 Å². The Hall–Kier alpha value is -1.46. The second-order valence-corrected chi connectivity index (χ2v) is 9.56. The lowest BCUT2D eigenvalue weighted by Crippen LogP contribution is -2.54. The third-order valence-electron chi connectivity index (χ3n) is 5.46. The number of fused-ring (bicyclic) bond motifs is 1. The zero-order chi connectivity index (χ0) is 20.1. The molecule has 5 heteroatoms. The van der Waals surface area contributed by atoms with Crippen LogP contribution in [0.4, 0.5) is 5.69 Å². The number of anilines is 1. The van der Waals surface area contributed by atoms with Gasteiger partial charge >= 0.3 is 0 Å². The summed E-state index contributed by atoms with van der Waals surface area (Å²) in [6.07, 6.45) is 3.19. The number of hydrogen-bond acceptors (Lipinski definition) is 4. The number of likely N-dealkylation sites (N-methyl/N-ethyl adjacent to an activating group) is 1. The lowest BCUT2D eigenvalue weighted by atomic mass is 9.80. The van der Waals surface area contributed by atoms with Crippen LogP contribution >= 0.6 is 27.7 Å². The molecule has 0 saturated heterocycles. The van der Waals surface area contributed by atoms with E-state index in [0.717, 1.165) is 41.5 Å². The Morgan fingerprint density at radius 3 is 2.61 bits per heavy atom. The van der Waals surface area contributed by atoms with E-state index >= 15 is 0 Å². The SMILES string of the molecule is CC(C)C1(c2ccccc2OCCCCBr)Sc2ccccc2N(C)C1C=O. The molecular weight excluding hydrogens is 434 g/mol. The zero-order valence-corrected chi connectivity index (χ0v) is 19.1. The summed E-state index contributed by atoms with van der Waals surface area (Å²) in [4.78, 5) is 15.7. The molecule has 2 unspecified atom stereocenters. The van der Waals surface area contributed by atoms with Crippen LogP contribution < -0.4 is 9.64 Å². The highest BCUT2D eigenvalue weighted by Crippen LogP contribution is 2.58. The molecule has 2 aromatic carbocycles. The first-order valence-electron chi connectivity index (χ1n) is 9.80. The van der Waals surface area contributed by atoms with E-state index in [1.54, 1.807) is 11.8 Å². The molecule has 0 bridgehead atoms. The highest BCUT2D eigenvalue weighted by atomic mass is 79.9. The number of carbonyl (C=O) groups is 1. The highest BCUT2D eigenvalue weighted by molar-refractivity contribution is 9.09. The molecule has 0 saturated carbocycles. The third-order valence-corrected chi connectivity index (χ3v) is 7.86. The van der Waals surface area contributed by atoms with Gasteiger partial charge in [-0.25, -0.2) is 0 Å². The summed E-state index contributed by atoms with van der Waals surface area (Å²) in [6, 6.07) is 16.3. The number of hydrogen-bond donors (Lipinski definition) is 0. The van der Waals surface area contributed by atoms with Crippen LogP contribution in [0.25, 0.3) is 0 Å². The molecule has 0 radical (unpaired) electrons. The van der Waals surface area contributed by atoms with Crippen molar-refractivity contribution in [1.82, 2.24) is 0 Å². The second kappa shape index (κ2) is 9.36. The number of nitrogens with zero attached hydrogens (tertiary/aromatic N) is 1. The van der Waals surface area contributed by atoms with E-state index in [4.69, 9.17) is 4.74 Å². The molecule has 28 heavy (non-hydrogen) atoms. The summed E-state index contributed by atoms with van der Waals surface area (Å²) in [5.41, 5.74) is 2.21. The van der Waals surface area contributed by atoms with Crippen molar-refractivity contribution in [2.24, 2.45) is 5.92 Å². The number of carbonyl (C=O) groups excluding carboxylic acids is 1. The smallest absolute Gasteiger partial charge is 0.144 e. The molecule has 3 nitrogen and oxygen atoms in total. The van der Waals surface area contributed by atoms with E-state index in [1.165, 1.54) is 4.90 Å².